The molecule has 0 saturated carbocycles. The summed E-state index contributed by atoms with van der Waals surface area (Å²) < 4.78 is 32.5. The van der Waals surface area contributed by atoms with Gasteiger partial charge in [0.1, 0.15) is 5.75 Å². The highest BCUT2D eigenvalue weighted by molar-refractivity contribution is 7.89. The lowest BCUT2D eigenvalue weighted by molar-refractivity contribution is -0.384. The fourth-order valence-corrected chi connectivity index (χ4v) is 4.50. The SMILES string of the molecule is O=[N+]([O-])c1ccc(S(=O)(=O)N2CCN(CCCOc3ccccc3)CC2)cc1. The van der Waals surface area contributed by atoms with Gasteiger partial charge in [-0.15, -0.1) is 0 Å². The molecule has 28 heavy (non-hydrogen) atoms. The number of non-ortho nitro benzene ring substituents is 1. The number of nitro groups is 1. The van der Waals surface area contributed by atoms with E-state index in [-0.39, 0.29) is 10.6 Å². The van der Waals surface area contributed by atoms with E-state index >= 15 is 0 Å². The topological polar surface area (TPSA) is 93.0 Å². The van der Waals surface area contributed by atoms with Gasteiger partial charge in [-0.25, -0.2) is 8.42 Å². The summed E-state index contributed by atoms with van der Waals surface area (Å²) in [5.41, 5.74) is -0.124. The molecule has 8 nitrogen and oxygen atoms in total. The normalized spacial score (nSPS) is 16.0. The Balaban J connectivity index is 1.45. The van der Waals surface area contributed by atoms with E-state index in [2.05, 4.69) is 4.90 Å². The van der Waals surface area contributed by atoms with Crippen molar-refractivity contribution in [1.82, 2.24) is 9.21 Å². The molecule has 1 saturated heterocycles. The van der Waals surface area contributed by atoms with E-state index in [0.717, 1.165) is 18.7 Å². The third-order valence-electron chi connectivity index (χ3n) is 4.65. The molecule has 0 bridgehead atoms. The number of rotatable bonds is 8. The zero-order chi connectivity index (χ0) is 20.0. The number of piperazine rings is 1. The van der Waals surface area contributed by atoms with Crippen molar-refractivity contribution in [2.75, 3.05) is 39.3 Å². The third-order valence-corrected chi connectivity index (χ3v) is 6.56. The van der Waals surface area contributed by atoms with Crippen LogP contribution in [0.15, 0.2) is 59.5 Å². The van der Waals surface area contributed by atoms with E-state index in [0.29, 0.717) is 32.8 Å². The van der Waals surface area contributed by atoms with Crippen LogP contribution in [0.3, 0.4) is 0 Å². The van der Waals surface area contributed by atoms with Crippen molar-refractivity contribution >= 4 is 15.7 Å². The van der Waals surface area contributed by atoms with Gasteiger partial charge in [-0.1, -0.05) is 18.2 Å². The molecule has 1 fully saturated rings. The summed E-state index contributed by atoms with van der Waals surface area (Å²) in [5.74, 6) is 0.849. The van der Waals surface area contributed by atoms with Gasteiger partial charge in [-0.2, -0.15) is 4.31 Å². The molecule has 0 unspecified atom stereocenters. The fraction of sp³-hybridized carbons (Fsp3) is 0.368. The molecule has 0 aliphatic carbocycles. The maximum absolute atomic E-state index is 12.7. The first kappa shape index (κ1) is 20.2. The number of benzene rings is 2. The Labute approximate surface area is 164 Å². The standard InChI is InChI=1S/C19H23N3O5S/c23-22(24)17-7-9-19(10-8-17)28(25,26)21-14-12-20(13-15-21)11-4-16-27-18-5-2-1-3-6-18/h1-3,5-10H,4,11-16H2. The van der Waals surface area contributed by atoms with Gasteiger partial charge in [0.15, 0.2) is 0 Å². The van der Waals surface area contributed by atoms with E-state index in [1.54, 1.807) is 0 Å². The third kappa shape index (κ3) is 5.06. The predicted octanol–water partition coefficient (Wildman–Crippen LogP) is 2.37. The van der Waals surface area contributed by atoms with E-state index in [9.17, 15) is 18.5 Å². The van der Waals surface area contributed by atoms with Crippen LogP contribution in [0, 0.1) is 10.1 Å². The van der Waals surface area contributed by atoms with Crippen molar-refractivity contribution in [3.8, 4) is 5.75 Å². The molecule has 0 N–H and O–H groups in total. The molecule has 0 atom stereocenters. The van der Waals surface area contributed by atoms with Gasteiger partial charge in [0.2, 0.25) is 10.0 Å². The van der Waals surface area contributed by atoms with Crippen LogP contribution in [0.25, 0.3) is 0 Å². The van der Waals surface area contributed by atoms with Gasteiger partial charge < -0.3 is 9.64 Å². The van der Waals surface area contributed by atoms with Crippen LogP contribution in [0.5, 0.6) is 5.75 Å². The van der Waals surface area contributed by atoms with E-state index in [1.165, 1.54) is 28.6 Å². The minimum atomic E-state index is -3.63. The molecule has 9 heteroatoms. The Morgan fingerprint density at radius 2 is 1.61 bits per heavy atom. The van der Waals surface area contributed by atoms with Crippen molar-refractivity contribution in [3.05, 3.63) is 64.7 Å². The average molecular weight is 405 g/mol. The second kappa shape index (κ2) is 9.13. The maximum atomic E-state index is 12.7. The lowest BCUT2D eigenvalue weighted by Gasteiger charge is -2.33. The largest absolute Gasteiger partial charge is 0.494 e. The van der Waals surface area contributed by atoms with E-state index in [1.807, 2.05) is 30.3 Å². The molecule has 3 rings (SSSR count). The summed E-state index contributed by atoms with van der Waals surface area (Å²) in [5, 5.41) is 10.7. The Hall–Kier alpha value is -2.49. The highest BCUT2D eigenvalue weighted by atomic mass is 32.2. The summed E-state index contributed by atoms with van der Waals surface area (Å²) in [6, 6.07) is 14.7. The minimum absolute atomic E-state index is 0.0859. The van der Waals surface area contributed by atoms with Crippen LogP contribution in [-0.2, 0) is 10.0 Å². The van der Waals surface area contributed by atoms with Crippen LogP contribution in [0.2, 0.25) is 0 Å². The molecule has 150 valence electrons. The number of sulfonamides is 1. The molecule has 0 amide bonds. The summed E-state index contributed by atoms with van der Waals surface area (Å²) >= 11 is 0. The zero-order valence-corrected chi connectivity index (χ0v) is 16.3. The van der Waals surface area contributed by atoms with Gasteiger partial charge in [0, 0.05) is 44.9 Å². The molecule has 0 aromatic heterocycles. The van der Waals surface area contributed by atoms with Crippen LogP contribution in [0.1, 0.15) is 6.42 Å². The lowest BCUT2D eigenvalue weighted by atomic mass is 10.3. The maximum Gasteiger partial charge on any atom is 0.269 e. The number of hydrogen-bond donors (Lipinski definition) is 0. The Kier molecular flexibility index (Phi) is 6.61. The molecule has 0 spiro atoms. The molecule has 1 aliphatic rings. The fourth-order valence-electron chi connectivity index (χ4n) is 3.08. The molecule has 1 heterocycles. The Bertz CT molecular complexity index is 880. The van der Waals surface area contributed by atoms with Crippen LogP contribution in [0.4, 0.5) is 5.69 Å². The molecule has 0 radical (unpaired) electrons. The van der Waals surface area contributed by atoms with Gasteiger partial charge in [-0.05, 0) is 30.7 Å². The monoisotopic (exact) mass is 405 g/mol. The summed E-state index contributed by atoms with van der Waals surface area (Å²) in [6.07, 6.45) is 0.865. The smallest absolute Gasteiger partial charge is 0.269 e. The number of ether oxygens (including phenoxy) is 1. The summed E-state index contributed by atoms with van der Waals surface area (Å²) in [6.45, 7) is 3.57. The number of nitro benzene ring substituents is 1. The van der Waals surface area contributed by atoms with Crippen LogP contribution < -0.4 is 4.74 Å². The first-order valence-electron chi connectivity index (χ1n) is 9.11. The second-order valence-corrected chi connectivity index (χ2v) is 8.45. The number of nitrogens with zero attached hydrogens (tertiary/aromatic N) is 3. The van der Waals surface area contributed by atoms with Crippen molar-refractivity contribution < 1.29 is 18.1 Å². The Morgan fingerprint density at radius 3 is 2.21 bits per heavy atom. The van der Waals surface area contributed by atoms with Crippen LogP contribution >= 0.6 is 0 Å². The molecule has 2 aromatic rings. The van der Waals surface area contributed by atoms with Gasteiger partial charge in [0.25, 0.3) is 5.69 Å². The molecular weight excluding hydrogens is 382 g/mol. The molecular formula is C19H23N3O5S. The minimum Gasteiger partial charge on any atom is -0.494 e. The van der Waals surface area contributed by atoms with Gasteiger partial charge in [-0.3, -0.25) is 10.1 Å². The molecule has 2 aromatic carbocycles. The predicted molar refractivity (Wildman–Crippen MR) is 105 cm³/mol. The number of para-hydroxylation sites is 1. The van der Waals surface area contributed by atoms with Crippen molar-refractivity contribution in [1.29, 1.82) is 0 Å². The average Bonchev–Trinajstić information content (AvgIpc) is 2.72. The highest BCUT2D eigenvalue weighted by Crippen LogP contribution is 2.20. The summed E-state index contributed by atoms with van der Waals surface area (Å²) in [7, 11) is -3.63. The van der Waals surface area contributed by atoms with Gasteiger partial charge >= 0.3 is 0 Å². The zero-order valence-electron chi connectivity index (χ0n) is 15.4. The quantitative estimate of drug-likeness (QED) is 0.380. The van der Waals surface area contributed by atoms with Crippen LogP contribution in [-0.4, -0.2) is 61.9 Å². The van der Waals surface area contributed by atoms with Gasteiger partial charge in [0.05, 0.1) is 16.4 Å². The Morgan fingerprint density at radius 1 is 0.964 bits per heavy atom. The second-order valence-electron chi connectivity index (χ2n) is 6.51. The highest BCUT2D eigenvalue weighted by Gasteiger charge is 2.28. The van der Waals surface area contributed by atoms with Crippen molar-refractivity contribution in [3.63, 3.8) is 0 Å². The van der Waals surface area contributed by atoms with E-state index in [4.69, 9.17) is 4.74 Å². The lowest BCUT2D eigenvalue weighted by Crippen LogP contribution is -2.48. The first-order valence-corrected chi connectivity index (χ1v) is 10.6. The van der Waals surface area contributed by atoms with E-state index < -0.39 is 14.9 Å². The summed E-state index contributed by atoms with van der Waals surface area (Å²) in [4.78, 5) is 12.5. The van der Waals surface area contributed by atoms with Crippen molar-refractivity contribution in [2.24, 2.45) is 0 Å². The number of hydrogen-bond acceptors (Lipinski definition) is 6. The van der Waals surface area contributed by atoms with Crippen molar-refractivity contribution in [2.45, 2.75) is 11.3 Å². The molecule has 1 aliphatic heterocycles. The first-order chi connectivity index (χ1) is 13.5.